The maximum atomic E-state index is 15.5. The van der Waals surface area contributed by atoms with E-state index in [0.717, 1.165) is 47.1 Å². The third-order valence-electron chi connectivity index (χ3n) is 21.8. The van der Waals surface area contributed by atoms with Crippen LogP contribution >= 0.6 is 11.8 Å². The molecule has 20 N–H and O–H groups in total. The Hall–Kier alpha value is -11.1. The van der Waals surface area contributed by atoms with E-state index in [2.05, 4.69) is 105 Å². The molecule has 4 heterocycles. The van der Waals surface area contributed by atoms with Crippen LogP contribution in [0, 0.1) is 11.3 Å². The van der Waals surface area contributed by atoms with Gasteiger partial charge in [-0.05, 0) is 160 Å². The standard InChI is InChI=1S/C86H109N17O11S/c1-52(104)77-85(114)101-70(41-53-19-6-3-7-20-53)78(107)90-37-17-30-67(94-48-60(39-56-32-34-61(105)35-33-56)95-75(106)51-115-50-57-40-64-63-26-16-29-66-76(63)59(47-93-66)45-74(64)103(2)49-57)79(108)96-69(31-18-38-91-86(88)89)80(109)98-71(42-54-21-8-4-9-22-54)82(111)99-72(43-55-23-10-5-11-24-55)83(112)100-73(44-58-46-92-65-27-13-12-25-62(58)65)84(113)97-68(81(110)102-77)28-14-15-36-87/h3-13,16,19-27,29,32-35,46-47,52,57,60,64,67-74,77,92-94,104-105H,14-15,17-18,28,30-31,36-45,48-51,87H2,1-2H3,(H,90,107)(H,95,106)(H,96,108)(H,97,113)(H,98,109)(H,99,111)(H,100,112)(H,101,114)(H,102,110)(H4,88,89,91)/t52-,57-,60+,64-,67-,68+,69+,70+,71+,72+,73-,74-,77+/m1/s1. The number of nitrogens with two attached hydrogens (primary N) is 2. The number of aromatic hydroxyl groups is 1. The Morgan fingerprint density at radius 1 is 0.609 bits per heavy atom. The number of phenols is 1. The van der Waals surface area contributed by atoms with Crippen molar-refractivity contribution >= 4 is 92.7 Å². The second-order valence-corrected chi connectivity index (χ2v) is 31.6. The molecule has 2 fully saturated rings. The van der Waals surface area contributed by atoms with E-state index in [0.29, 0.717) is 53.0 Å². The molecular formula is C86H109N17O11S. The van der Waals surface area contributed by atoms with Crippen LogP contribution in [0.5, 0.6) is 5.75 Å². The van der Waals surface area contributed by atoms with E-state index in [1.807, 2.05) is 24.3 Å². The van der Waals surface area contributed by atoms with Gasteiger partial charge in [-0.15, -0.1) is 0 Å². The molecule has 9 amide bonds. The van der Waals surface area contributed by atoms with Crippen molar-refractivity contribution in [1.82, 2.24) is 73.4 Å². The molecule has 0 spiro atoms. The van der Waals surface area contributed by atoms with Gasteiger partial charge < -0.3 is 95.0 Å². The maximum absolute atomic E-state index is 15.5. The number of aliphatic hydroxyl groups excluding tert-OH is 1. The zero-order chi connectivity index (χ0) is 81.3. The number of aromatic nitrogens is 2. The van der Waals surface area contributed by atoms with Crippen LogP contribution < -0.4 is 70.0 Å². The first-order valence-corrected chi connectivity index (χ1v) is 41.0. The monoisotopic (exact) mass is 1590 g/mol. The first-order chi connectivity index (χ1) is 55.6. The molecule has 6 aromatic carbocycles. The minimum absolute atomic E-state index is 0.00102. The molecule has 0 radical (unpaired) electrons. The first-order valence-electron chi connectivity index (χ1n) is 39.8. The SMILES string of the molecule is C[C@@H](O)[C@@H]1NC(=O)[C@H](CCCCN)NC(=O)[C@@H](Cc2c[nH]c3ccccc23)NC(=O)[C@H](Cc2ccccc2)NC(=O)[C@H](Cc2ccccc2)NC(=O)[C@H](CCCNC(=N)N)NC(=O)[C@H](NC[C@H](Cc2ccc(O)cc2)NC(=O)CSC[C@@H]2C[C@@H]3c4cccc5[nH]cc(c45)C[C@H]3N(C)C2)CCCNC(=O)[C@H](Cc2ccccc2)NC1=O. The number of carbonyl (C=O) groups excluding carboxylic acids is 9. The molecule has 0 bridgehead atoms. The van der Waals surface area contributed by atoms with Crippen LogP contribution in [0.1, 0.15) is 103 Å². The van der Waals surface area contributed by atoms with Gasteiger partial charge in [0.05, 0.1) is 17.9 Å². The fraction of sp³-hybridized carbons (Fsp3) is 0.419. The molecule has 0 unspecified atom stereocenters. The van der Waals surface area contributed by atoms with Gasteiger partial charge in [0.1, 0.15) is 48.0 Å². The average molecular weight is 1590 g/mol. The van der Waals surface area contributed by atoms with Gasteiger partial charge in [-0.1, -0.05) is 133 Å². The topological polar surface area (TPSA) is 437 Å². The third-order valence-corrected chi connectivity index (χ3v) is 23.0. The van der Waals surface area contributed by atoms with Crippen LogP contribution in [0.4, 0.5) is 0 Å². The molecule has 28 nitrogen and oxygen atoms in total. The number of hydrogen-bond acceptors (Lipinski definition) is 16. The van der Waals surface area contributed by atoms with Gasteiger partial charge in [0.2, 0.25) is 53.2 Å². The molecule has 8 aromatic rings. The van der Waals surface area contributed by atoms with E-state index >= 15 is 24.0 Å². The number of phenolic OH excluding ortho intramolecular Hbond substituents is 1. The lowest BCUT2D eigenvalue weighted by Gasteiger charge is -2.45. The van der Waals surface area contributed by atoms with E-state index in [1.54, 1.807) is 133 Å². The number of hydrogen-bond donors (Lipinski definition) is 18. The van der Waals surface area contributed by atoms with Crippen molar-refractivity contribution < 1.29 is 53.4 Å². The van der Waals surface area contributed by atoms with E-state index < -0.39 is 108 Å². The third kappa shape index (κ3) is 24.2. The number of para-hydroxylation sites is 1. The van der Waals surface area contributed by atoms with E-state index in [-0.39, 0.29) is 114 Å². The quantitative estimate of drug-likeness (QED) is 0.0198. The van der Waals surface area contributed by atoms with E-state index in [4.69, 9.17) is 16.9 Å². The number of guanidine groups is 1. The van der Waals surface area contributed by atoms with Gasteiger partial charge in [0.25, 0.3) is 0 Å². The fourth-order valence-electron chi connectivity index (χ4n) is 15.9. The second kappa shape index (κ2) is 41.8. The van der Waals surface area contributed by atoms with Crippen molar-refractivity contribution in [2.75, 3.05) is 51.3 Å². The Labute approximate surface area is 674 Å². The van der Waals surface area contributed by atoms with Gasteiger partial charge in [-0.3, -0.25) is 48.6 Å². The molecule has 11 rings (SSSR count). The van der Waals surface area contributed by atoms with Crippen molar-refractivity contribution in [1.29, 1.82) is 5.41 Å². The summed E-state index contributed by atoms with van der Waals surface area (Å²) >= 11 is 1.56. The highest BCUT2D eigenvalue weighted by molar-refractivity contribution is 7.99. The molecule has 29 heteroatoms. The molecule has 1 aliphatic carbocycles. The van der Waals surface area contributed by atoms with Crippen LogP contribution in [0.25, 0.3) is 21.8 Å². The molecule has 0 saturated carbocycles. The number of likely N-dealkylation sites (tertiary alicyclic amines) is 1. The number of benzene rings is 6. The summed E-state index contributed by atoms with van der Waals surface area (Å²) in [6, 6.07) is 35.5. The number of nitrogens with zero attached hydrogens (tertiary/aromatic N) is 1. The van der Waals surface area contributed by atoms with Gasteiger partial charge in [-0.25, -0.2) is 0 Å². The summed E-state index contributed by atoms with van der Waals surface area (Å²) in [5, 5.41) is 64.1. The Kier molecular flexibility index (Phi) is 30.8. The van der Waals surface area contributed by atoms with Crippen LogP contribution in [0.3, 0.4) is 0 Å². The van der Waals surface area contributed by atoms with Gasteiger partial charge in [0, 0.05) is 104 Å². The molecule has 3 aliphatic rings. The van der Waals surface area contributed by atoms with Crippen molar-refractivity contribution in [2.24, 2.45) is 17.4 Å². The van der Waals surface area contributed by atoms with Gasteiger partial charge in [0.15, 0.2) is 5.96 Å². The summed E-state index contributed by atoms with van der Waals surface area (Å²) in [6.45, 7) is 2.45. The summed E-state index contributed by atoms with van der Waals surface area (Å²) in [7, 11) is 2.19. The fourth-order valence-corrected chi connectivity index (χ4v) is 16.8. The molecule has 2 aliphatic heterocycles. The summed E-state index contributed by atoms with van der Waals surface area (Å²) in [5.41, 5.74) is 19.5. The number of nitrogens with one attached hydrogen (secondary N) is 14. The van der Waals surface area contributed by atoms with Crippen molar-refractivity contribution in [3.05, 3.63) is 209 Å². The predicted octanol–water partition coefficient (Wildman–Crippen LogP) is 3.78. The Morgan fingerprint density at radius 2 is 1.16 bits per heavy atom. The first kappa shape index (κ1) is 84.8. The smallest absolute Gasteiger partial charge is 0.245 e. The molecule has 2 saturated heterocycles. The van der Waals surface area contributed by atoms with E-state index in [1.165, 1.54) is 23.4 Å². The number of unbranched alkanes of at least 4 members (excludes halogenated alkanes) is 1. The number of aromatic amines is 2. The summed E-state index contributed by atoms with van der Waals surface area (Å²) in [6.07, 6.45) is 5.03. The predicted molar refractivity (Wildman–Crippen MR) is 444 cm³/mol. The van der Waals surface area contributed by atoms with Gasteiger partial charge >= 0.3 is 0 Å². The lowest BCUT2D eigenvalue weighted by Crippen LogP contribution is -2.62. The normalized spacial score (nSPS) is 23.1. The molecule has 610 valence electrons. The minimum Gasteiger partial charge on any atom is -0.508 e. The van der Waals surface area contributed by atoms with E-state index in [9.17, 15) is 29.4 Å². The highest BCUT2D eigenvalue weighted by atomic mass is 32.2. The maximum Gasteiger partial charge on any atom is 0.245 e. The Balaban J connectivity index is 0.910. The lowest BCUT2D eigenvalue weighted by atomic mass is 9.73. The molecule has 13 atom stereocenters. The van der Waals surface area contributed by atoms with Crippen LogP contribution in [0.2, 0.25) is 0 Å². The largest absolute Gasteiger partial charge is 0.508 e. The summed E-state index contributed by atoms with van der Waals surface area (Å²) in [4.78, 5) is 145. The zero-order valence-corrected chi connectivity index (χ0v) is 65.9. The highest BCUT2D eigenvalue weighted by Gasteiger charge is 2.41. The van der Waals surface area contributed by atoms with Gasteiger partial charge in [-0.2, -0.15) is 11.8 Å². The van der Waals surface area contributed by atoms with Crippen molar-refractivity contribution in [2.45, 2.75) is 169 Å². The summed E-state index contributed by atoms with van der Waals surface area (Å²) in [5.74, 6) is -5.35. The minimum atomic E-state index is -1.69. The number of piperidine rings is 1. The number of likely N-dealkylation sites (N-methyl/N-ethyl adjacent to an activating group) is 1. The van der Waals surface area contributed by atoms with Crippen LogP contribution in [-0.2, 0) is 81.7 Å². The average Bonchev–Trinajstić information content (AvgIpc) is 1.67. The number of fused-ring (bicyclic) bond motifs is 3. The van der Waals surface area contributed by atoms with Crippen LogP contribution in [-0.4, -0.2) is 202 Å². The Morgan fingerprint density at radius 3 is 1.78 bits per heavy atom. The summed E-state index contributed by atoms with van der Waals surface area (Å²) < 4.78 is 0. The van der Waals surface area contributed by atoms with Crippen molar-refractivity contribution in [3.8, 4) is 5.75 Å². The number of thioether (sulfide) groups is 1. The van der Waals surface area contributed by atoms with Crippen LogP contribution in [0.15, 0.2) is 170 Å². The van der Waals surface area contributed by atoms with Crippen molar-refractivity contribution in [3.63, 3.8) is 0 Å². The molecule has 115 heavy (non-hydrogen) atoms. The highest BCUT2D eigenvalue weighted by Crippen LogP contribution is 2.45. The number of H-pyrrole nitrogens is 2. The Bertz CT molecular complexity index is 4610. The molecule has 2 aromatic heterocycles. The second-order valence-electron chi connectivity index (χ2n) is 30.5. The number of carbonyl (C=O) groups is 9. The lowest BCUT2D eigenvalue weighted by molar-refractivity contribution is -0.136. The zero-order valence-electron chi connectivity index (χ0n) is 65.1. The number of aliphatic hydroxyl groups is 1. The number of rotatable bonds is 27. The molecular weight excluding hydrogens is 1480 g/mol. The number of amides is 9.